The first-order valence-electron chi connectivity index (χ1n) is 21.6. The summed E-state index contributed by atoms with van der Waals surface area (Å²) in [7, 11) is 0. The van der Waals surface area contributed by atoms with E-state index in [-0.39, 0.29) is 42.8 Å². The van der Waals surface area contributed by atoms with Gasteiger partial charge in [0.25, 0.3) is 0 Å². The van der Waals surface area contributed by atoms with Crippen LogP contribution >= 0.6 is 0 Å². The molecule has 59 heavy (non-hydrogen) atoms. The zero-order chi connectivity index (χ0) is 43.4. The number of rotatable bonds is 35. The highest BCUT2D eigenvalue weighted by molar-refractivity contribution is 5.80. The standard InChI is InChI=1S/C41H74N2O16/c1-28-36(50)38(52)33(26-44)58-40(28)56-19-8-6-13-30(46)11-4-3-5-12-31(47)15-21-54-23-24-55-22-16-35(49)43-18-10-17-42-25-32(48)14-7-9-20-57-41-29(2)37(51)39(53)34(27-45)59-41/h28-29,33-34,36-42,44-45,50-53H,3-27H2,1-2H3,(H,43,49). The summed E-state index contributed by atoms with van der Waals surface area (Å²) in [4.78, 5) is 48.5. The van der Waals surface area contributed by atoms with Crippen LogP contribution in [0.2, 0.25) is 0 Å². The summed E-state index contributed by atoms with van der Waals surface area (Å²) in [5, 5.41) is 64.6. The second-order valence-corrected chi connectivity index (χ2v) is 15.6. The Balaban J connectivity index is 1.30. The van der Waals surface area contributed by atoms with Gasteiger partial charge in [-0.1, -0.05) is 20.3 Å². The van der Waals surface area contributed by atoms with E-state index in [1.807, 2.05) is 0 Å². The third-order valence-electron chi connectivity index (χ3n) is 10.6. The Morgan fingerprint density at radius 3 is 1.47 bits per heavy atom. The molecule has 0 aromatic rings. The summed E-state index contributed by atoms with van der Waals surface area (Å²) in [5.74, 6) is -0.674. The molecule has 8 N–H and O–H groups in total. The molecule has 0 spiro atoms. The average molecular weight is 851 g/mol. The molecule has 10 atom stereocenters. The first kappa shape index (κ1) is 53.1. The van der Waals surface area contributed by atoms with Gasteiger partial charge in [-0.2, -0.15) is 0 Å². The lowest BCUT2D eigenvalue weighted by Crippen LogP contribution is -2.55. The first-order valence-corrected chi connectivity index (χ1v) is 21.6. The Labute approximate surface area is 349 Å². The van der Waals surface area contributed by atoms with Gasteiger partial charge in [-0.25, -0.2) is 0 Å². The minimum Gasteiger partial charge on any atom is -0.394 e. The molecule has 2 heterocycles. The second-order valence-electron chi connectivity index (χ2n) is 15.6. The normalized spacial score (nSPS) is 27.1. The summed E-state index contributed by atoms with van der Waals surface area (Å²) in [6.07, 6.45) is 0.0657. The maximum Gasteiger partial charge on any atom is 0.222 e. The van der Waals surface area contributed by atoms with E-state index in [2.05, 4.69) is 10.6 Å². The summed E-state index contributed by atoms with van der Waals surface area (Å²) in [5.41, 5.74) is 0. The number of Topliss-reactive ketones (excluding diaryl/α,β-unsaturated/α-hetero) is 3. The number of amides is 1. The number of unbranched alkanes of at least 4 members (excludes halogenated alkanes) is 4. The summed E-state index contributed by atoms with van der Waals surface area (Å²) < 4.78 is 33.3. The largest absolute Gasteiger partial charge is 0.394 e. The number of ether oxygens (including phenoxy) is 6. The monoisotopic (exact) mass is 851 g/mol. The molecule has 2 aliphatic heterocycles. The first-order chi connectivity index (χ1) is 28.4. The molecular formula is C41H74N2O16. The molecule has 2 aliphatic rings. The van der Waals surface area contributed by atoms with Gasteiger partial charge in [0.1, 0.15) is 41.8 Å². The van der Waals surface area contributed by atoms with Crippen molar-refractivity contribution >= 4 is 23.3 Å². The Morgan fingerprint density at radius 2 is 0.966 bits per heavy atom. The fourth-order valence-corrected chi connectivity index (χ4v) is 6.66. The summed E-state index contributed by atoms with van der Waals surface area (Å²) >= 11 is 0. The molecule has 1 amide bonds. The number of carbonyl (C=O) groups excluding carboxylic acids is 4. The lowest BCUT2D eigenvalue weighted by Gasteiger charge is -2.40. The quantitative estimate of drug-likeness (QED) is 0.0392. The Hall–Kier alpha value is -2.04. The van der Waals surface area contributed by atoms with E-state index in [1.54, 1.807) is 13.8 Å². The van der Waals surface area contributed by atoms with Gasteiger partial charge in [0, 0.05) is 70.1 Å². The maximum atomic E-state index is 12.2. The number of nitrogens with one attached hydrogen (secondary N) is 2. The van der Waals surface area contributed by atoms with Crippen molar-refractivity contribution in [1.82, 2.24) is 10.6 Å². The van der Waals surface area contributed by atoms with Crippen LogP contribution in [0.5, 0.6) is 0 Å². The van der Waals surface area contributed by atoms with E-state index in [9.17, 15) is 49.8 Å². The number of ketones is 3. The molecular weight excluding hydrogens is 776 g/mol. The van der Waals surface area contributed by atoms with Crippen molar-refractivity contribution in [3.8, 4) is 0 Å². The van der Waals surface area contributed by atoms with Crippen molar-refractivity contribution in [1.29, 1.82) is 0 Å². The molecule has 18 heteroatoms. The molecule has 18 nitrogen and oxygen atoms in total. The van der Waals surface area contributed by atoms with Gasteiger partial charge in [-0.05, 0) is 51.5 Å². The van der Waals surface area contributed by atoms with E-state index in [4.69, 9.17) is 28.4 Å². The zero-order valence-electron chi connectivity index (χ0n) is 35.2. The number of aliphatic hydroxyl groups is 6. The van der Waals surface area contributed by atoms with E-state index in [0.717, 1.165) is 19.3 Å². The molecule has 0 aliphatic carbocycles. The fourth-order valence-electron chi connectivity index (χ4n) is 6.66. The van der Waals surface area contributed by atoms with Crippen molar-refractivity contribution < 1.29 is 78.2 Å². The topological polar surface area (TPSA) is 269 Å². The minimum absolute atomic E-state index is 0.0704. The SMILES string of the molecule is CC1C(OCCCCC(=O)CCCCCC(=O)CCOCCOCCC(=O)NCCCNCC(=O)CCCCOC2OC(CO)C(O)C(O)C2C)OC(CO)C(O)C1O. The van der Waals surface area contributed by atoms with Crippen LogP contribution in [0, 0.1) is 11.8 Å². The summed E-state index contributed by atoms with van der Waals surface area (Å²) in [6, 6.07) is 0. The predicted octanol–water partition coefficient (Wildman–Crippen LogP) is 0.0775. The Kier molecular flexibility index (Phi) is 28.6. The van der Waals surface area contributed by atoms with Crippen LogP contribution in [0.15, 0.2) is 0 Å². The van der Waals surface area contributed by atoms with Crippen LogP contribution in [-0.2, 0) is 47.6 Å². The highest BCUT2D eigenvalue weighted by atomic mass is 16.7. The van der Waals surface area contributed by atoms with Gasteiger partial charge in [0.2, 0.25) is 5.91 Å². The van der Waals surface area contributed by atoms with Gasteiger partial charge in [0.15, 0.2) is 12.6 Å². The molecule has 0 aromatic heterocycles. The van der Waals surface area contributed by atoms with Crippen molar-refractivity contribution in [2.75, 3.05) is 72.5 Å². The molecule has 2 rings (SSSR count). The van der Waals surface area contributed by atoms with E-state index in [0.29, 0.717) is 110 Å². The van der Waals surface area contributed by atoms with E-state index in [1.165, 1.54) is 0 Å². The number of carbonyl (C=O) groups is 4. The predicted molar refractivity (Wildman–Crippen MR) is 213 cm³/mol. The number of hydrogen-bond acceptors (Lipinski definition) is 17. The lowest BCUT2D eigenvalue weighted by atomic mass is 9.92. The average Bonchev–Trinajstić information content (AvgIpc) is 3.22. The maximum absolute atomic E-state index is 12.2. The molecule has 344 valence electrons. The van der Waals surface area contributed by atoms with Gasteiger partial charge in [0.05, 0.1) is 58.4 Å². The van der Waals surface area contributed by atoms with E-state index >= 15 is 0 Å². The van der Waals surface area contributed by atoms with Crippen LogP contribution in [0.1, 0.15) is 104 Å². The second kappa shape index (κ2) is 31.8. The Morgan fingerprint density at radius 1 is 0.508 bits per heavy atom. The van der Waals surface area contributed by atoms with Crippen molar-refractivity contribution in [3.05, 3.63) is 0 Å². The van der Waals surface area contributed by atoms with Gasteiger partial charge < -0.3 is 69.7 Å². The van der Waals surface area contributed by atoms with Crippen LogP contribution in [0.4, 0.5) is 0 Å². The molecule has 10 unspecified atom stereocenters. The molecule has 2 saturated heterocycles. The zero-order valence-corrected chi connectivity index (χ0v) is 35.2. The third-order valence-corrected chi connectivity index (χ3v) is 10.6. The minimum atomic E-state index is -1.17. The van der Waals surface area contributed by atoms with Crippen LogP contribution in [0.25, 0.3) is 0 Å². The third kappa shape index (κ3) is 22.1. The van der Waals surface area contributed by atoms with Gasteiger partial charge >= 0.3 is 0 Å². The van der Waals surface area contributed by atoms with Crippen molar-refractivity contribution in [2.45, 2.75) is 153 Å². The number of hydrogen-bond donors (Lipinski definition) is 8. The fraction of sp³-hybridized carbons (Fsp3) is 0.902. The molecule has 2 fully saturated rings. The lowest BCUT2D eigenvalue weighted by molar-refractivity contribution is -0.282. The Bertz CT molecular complexity index is 1160. The van der Waals surface area contributed by atoms with Crippen LogP contribution < -0.4 is 10.6 Å². The van der Waals surface area contributed by atoms with Crippen molar-refractivity contribution in [2.24, 2.45) is 11.8 Å². The molecule has 0 saturated carbocycles. The van der Waals surface area contributed by atoms with Crippen LogP contribution in [-0.4, -0.2) is 176 Å². The molecule has 0 radical (unpaired) electrons. The summed E-state index contributed by atoms with van der Waals surface area (Å²) in [6.45, 7) is 5.72. The smallest absolute Gasteiger partial charge is 0.222 e. The molecule has 0 bridgehead atoms. The highest BCUT2D eigenvalue weighted by Crippen LogP contribution is 2.28. The van der Waals surface area contributed by atoms with Gasteiger partial charge in [-0.15, -0.1) is 0 Å². The van der Waals surface area contributed by atoms with Gasteiger partial charge in [-0.3, -0.25) is 19.2 Å². The molecule has 0 aromatic carbocycles. The van der Waals surface area contributed by atoms with Crippen LogP contribution in [0.3, 0.4) is 0 Å². The van der Waals surface area contributed by atoms with Crippen molar-refractivity contribution in [3.63, 3.8) is 0 Å². The highest BCUT2D eigenvalue weighted by Gasteiger charge is 2.43. The number of aliphatic hydroxyl groups excluding tert-OH is 6. The van der Waals surface area contributed by atoms with E-state index < -0.39 is 74.3 Å².